The lowest BCUT2D eigenvalue weighted by Gasteiger charge is -2.10. The van der Waals surface area contributed by atoms with Gasteiger partial charge in [-0.1, -0.05) is 17.7 Å². The van der Waals surface area contributed by atoms with Crippen LogP contribution in [0.4, 0.5) is 5.69 Å². The molecule has 2 rings (SSSR count). The van der Waals surface area contributed by atoms with Gasteiger partial charge in [0.05, 0.1) is 22.7 Å². The molecule has 0 fully saturated rings. The third-order valence-corrected chi connectivity index (χ3v) is 4.21. The van der Waals surface area contributed by atoms with Gasteiger partial charge in [0, 0.05) is 6.07 Å². The molecule has 0 amide bonds. The molecule has 106 valence electrons. The van der Waals surface area contributed by atoms with Crippen molar-refractivity contribution in [2.45, 2.75) is 4.90 Å². The van der Waals surface area contributed by atoms with Crippen LogP contribution in [0, 0.1) is 0 Å². The SMILES string of the molecule is COc1ccc(NS(=O)(=O)c2cccc(O)c2)cc1Cl. The predicted octanol–water partition coefficient (Wildman–Crippen LogP) is 2.86. The lowest BCUT2D eigenvalue weighted by atomic mass is 10.3. The number of aromatic hydroxyl groups is 1. The van der Waals surface area contributed by atoms with E-state index in [0.717, 1.165) is 6.07 Å². The molecule has 2 N–H and O–H groups in total. The van der Waals surface area contributed by atoms with Gasteiger partial charge >= 0.3 is 0 Å². The molecule has 0 saturated heterocycles. The largest absolute Gasteiger partial charge is 0.508 e. The number of hydrogen-bond donors (Lipinski definition) is 2. The molecule has 0 radical (unpaired) electrons. The Morgan fingerprint density at radius 1 is 1.20 bits per heavy atom. The number of sulfonamides is 1. The summed E-state index contributed by atoms with van der Waals surface area (Å²) >= 11 is 5.93. The number of methoxy groups -OCH3 is 1. The lowest BCUT2D eigenvalue weighted by Crippen LogP contribution is -2.12. The van der Waals surface area contributed by atoms with Gasteiger partial charge in [-0.3, -0.25) is 4.72 Å². The molecule has 0 aliphatic heterocycles. The van der Waals surface area contributed by atoms with Crippen LogP contribution in [0.1, 0.15) is 0 Å². The maximum atomic E-state index is 12.1. The third kappa shape index (κ3) is 3.15. The van der Waals surface area contributed by atoms with Crippen LogP contribution in [-0.4, -0.2) is 20.6 Å². The van der Waals surface area contributed by atoms with Crippen LogP contribution in [0.3, 0.4) is 0 Å². The van der Waals surface area contributed by atoms with E-state index in [4.69, 9.17) is 16.3 Å². The highest BCUT2D eigenvalue weighted by Gasteiger charge is 2.15. The van der Waals surface area contributed by atoms with Crippen molar-refractivity contribution in [3.63, 3.8) is 0 Å². The van der Waals surface area contributed by atoms with E-state index in [9.17, 15) is 13.5 Å². The van der Waals surface area contributed by atoms with E-state index in [1.54, 1.807) is 6.07 Å². The second-order valence-electron chi connectivity index (χ2n) is 3.95. The maximum absolute atomic E-state index is 12.1. The van der Waals surface area contributed by atoms with Crippen LogP contribution >= 0.6 is 11.6 Å². The van der Waals surface area contributed by atoms with Crippen LogP contribution in [0.5, 0.6) is 11.5 Å². The van der Waals surface area contributed by atoms with Gasteiger partial charge < -0.3 is 9.84 Å². The van der Waals surface area contributed by atoms with Crippen LogP contribution in [-0.2, 0) is 10.0 Å². The van der Waals surface area contributed by atoms with Crippen LogP contribution < -0.4 is 9.46 Å². The summed E-state index contributed by atoms with van der Waals surface area (Å²) in [4.78, 5) is -0.0376. The molecule has 0 aromatic heterocycles. The zero-order valence-corrected chi connectivity index (χ0v) is 12.1. The first-order chi connectivity index (χ1) is 9.42. The quantitative estimate of drug-likeness (QED) is 0.910. The number of halogens is 1. The van der Waals surface area contributed by atoms with E-state index in [1.165, 1.54) is 37.4 Å². The minimum Gasteiger partial charge on any atom is -0.508 e. The molecule has 0 spiro atoms. The van der Waals surface area contributed by atoms with E-state index >= 15 is 0 Å². The van der Waals surface area contributed by atoms with Crippen molar-refractivity contribution in [1.29, 1.82) is 0 Å². The zero-order chi connectivity index (χ0) is 14.8. The molecular weight excluding hydrogens is 302 g/mol. The molecule has 0 aliphatic rings. The first kappa shape index (κ1) is 14.5. The minimum absolute atomic E-state index is 0.0376. The zero-order valence-electron chi connectivity index (χ0n) is 10.5. The van der Waals surface area contributed by atoms with Crippen molar-refractivity contribution < 1.29 is 18.3 Å². The Hall–Kier alpha value is -1.92. The molecule has 0 saturated carbocycles. The van der Waals surface area contributed by atoms with Crippen molar-refractivity contribution in [3.05, 3.63) is 47.5 Å². The number of hydrogen-bond acceptors (Lipinski definition) is 4. The Morgan fingerprint density at radius 2 is 1.95 bits per heavy atom. The second-order valence-corrected chi connectivity index (χ2v) is 6.04. The number of phenolic OH excluding ortho intramolecular Hbond substituents is 1. The Kier molecular flexibility index (Phi) is 4.06. The Balaban J connectivity index is 2.31. The molecule has 0 unspecified atom stereocenters. The molecule has 5 nitrogen and oxygen atoms in total. The Labute approximate surface area is 121 Å². The molecule has 2 aromatic carbocycles. The normalized spacial score (nSPS) is 11.1. The first-order valence-corrected chi connectivity index (χ1v) is 7.44. The second kappa shape index (κ2) is 5.60. The molecule has 2 aromatic rings. The van der Waals surface area contributed by atoms with E-state index in [-0.39, 0.29) is 10.6 Å². The van der Waals surface area contributed by atoms with Gasteiger partial charge in [-0.25, -0.2) is 8.42 Å². The van der Waals surface area contributed by atoms with Crippen LogP contribution in [0.2, 0.25) is 5.02 Å². The summed E-state index contributed by atoms with van der Waals surface area (Å²) in [6.07, 6.45) is 0. The van der Waals surface area contributed by atoms with Crippen LogP contribution in [0.15, 0.2) is 47.4 Å². The maximum Gasteiger partial charge on any atom is 0.262 e. The van der Waals surface area contributed by atoms with Gasteiger partial charge in [0.1, 0.15) is 11.5 Å². The van der Waals surface area contributed by atoms with Gasteiger partial charge in [0.2, 0.25) is 0 Å². The van der Waals surface area contributed by atoms with Crippen molar-refractivity contribution in [3.8, 4) is 11.5 Å². The van der Waals surface area contributed by atoms with Crippen molar-refractivity contribution in [1.82, 2.24) is 0 Å². The number of rotatable bonds is 4. The summed E-state index contributed by atoms with van der Waals surface area (Å²) in [7, 11) is -2.31. The van der Waals surface area contributed by atoms with Gasteiger partial charge in [-0.2, -0.15) is 0 Å². The standard InChI is InChI=1S/C13H12ClNO4S/c1-19-13-6-5-9(7-12(13)14)15-20(17,18)11-4-2-3-10(16)8-11/h2-8,15-16H,1H3. The van der Waals surface area contributed by atoms with E-state index in [2.05, 4.69) is 4.72 Å². The van der Waals surface area contributed by atoms with E-state index in [1.807, 2.05) is 0 Å². The molecule has 0 aliphatic carbocycles. The Morgan fingerprint density at radius 3 is 2.55 bits per heavy atom. The highest BCUT2D eigenvalue weighted by Crippen LogP contribution is 2.28. The minimum atomic E-state index is -3.78. The Bertz CT molecular complexity index is 731. The monoisotopic (exact) mass is 313 g/mol. The molecule has 7 heteroatoms. The average molecular weight is 314 g/mol. The van der Waals surface area contributed by atoms with Crippen molar-refractivity contribution in [2.24, 2.45) is 0 Å². The molecular formula is C13H12ClNO4S. The highest BCUT2D eigenvalue weighted by molar-refractivity contribution is 7.92. The summed E-state index contributed by atoms with van der Waals surface area (Å²) in [6.45, 7) is 0. The van der Waals surface area contributed by atoms with Gasteiger partial charge in [0.25, 0.3) is 10.0 Å². The summed E-state index contributed by atoms with van der Waals surface area (Å²) in [5.41, 5.74) is 0.305. The van der Waals surface area contributed by atoms with Crippen molar-refractivity contribution >= 4 is 27.3 Å². The third-order valence-electron chi connectivity index (χ3n) is 2.53. The molecule has 0 atom stereocenters. The number of nitrogens with one attached hydrogen (secondary N) is 1. The molecule has 0 bridgehead atoms. The topological polar surface area (TPSA) is 75.6 Å². The molecule has 0 heterocycles. The predicted molar refractivity (Wildman–Crippen MR) is 76.9 cm³/mol. The number of anilines is 1. The first-order valence-electron chi connectivity index (χ1n) is 5.58. The molecule has 20 heavy (non-hydrogen) atoms. The van der Waals surface area contributed by atoms with Gasteiger partial charge in [0.15, 0.2) is 0 Å². The fraction of sp³-hybridized carbons (Fsp3) is 0.0769. The summed E-state index contributed by atoms with van der Waals surface area (Å²) in [5, 5.41) is 9.62. The fourth-order valence-electron chi connectivity index (χ4n) is 1.59. The average Bonchev–Trinajstić information content (AvgIpc) is 2.38. The van der Waals surface area contributed by atoms with Crippen LogP contribution in [0.25, 0.3) is 0 Å². The van der Waals surface area contributed by atoms with E-state index < -0.39 is 10.0 Å². The summed E-state index contributed by atoms with van der Waals surface area (Å²) in [5.74, 6) is 0.326. The lowest BCUT2D eigenvalue weighted by molar-refractivity contribution is 0.415. The van der Waals surface area contributed by atoms with Crippen molar-refractivity contribution in [2.75, 3.05) is 11.8 Å². The van der Waals surface area contributed by atoms with E-state index in [0.29, 0.717) is 16.5 Å². The number of ether oxygens (including phenoxy) is 1. The van der Waals surface area contributed by atoms with Gasteiger partial charge in [-0.15, -0.1) is 0 Å². The van der Waals surface area contributed by atoms with Gasteiger partial charge in [-0.05, 0) is 30.3 Å². The highest BCUT2D eigenvalue weighted by atomic mass is 35.5. The summed E-state index contributed by atoms with van der Waals surface area (Å²) < 4.78 is 31.6. The number of phenols is 1. The number of benzene rings is 2. The smallest absolute Gasteiger partial charge is 0.262 e. The summed E-state index contributed by atoms with van der Waals surface area (Å²) in [6, 6.07) is 9.92. The fourth-order valence-corrected chi connectivity index (χ4v) is 2.94.